The summed E-state index contributed by atoms with van der Waals surface area (Å²) in [7, 11) is 0. The van der Waals surface area contributed by atoms with Gasteiger partial charge in [-0.2, -0.15) is 0 Å². The van der Waals surface area contributed by atoms with E-state index in [1.807, 2.05) is 19.1 Å². The summed E-state index contributed by atoms with van der Waals surface area (Å²) in [5.41, 5.74) is 0. The zero-order valence-electron chi connectivity index (χ0n) is 15.5. The minimum absolute atomic E-state index is 0.228. The van der Waals surface area contributed by atoms with Gasteiger partial charge in [-0.25, -0.2) is 4.79 Å². The number of furan rings is 1. The van der Waals surface area contributed by atoms with Crippen LogP contribution in [0.15, 0.2) is 27.8 Å². The maximum Gasteiger partial charge on any atom is 0.409 e. The molecule has 0 bridgehead atoms. The van der Waals surface area contributed by atoms with Gasteiger partial charge >= 0.3 is 6.09 Å². The molecule has 7 nitrogen and oxygen atoms in total. The summed E-state index contributed by atoms with van der Waals surface area (Å²) < 4.78 is 10.4. The van der Waals surface area contributed by atoms with Crippen LogP contribution in [0.2, 0.25) is 0 Å². The second-order valence-corrected chi connectivity index (χ2v) is 6.16. The van der Waals surface area contributed by atoms with Crippen LogP contribution in [0.3, 0.4) is 0 Å². The first-order chi connectivity index (χ1) is 12.1. The minimum atomic E-state index is -0.228. The topological polar surface area (TPSA) is 70.3 Å². The number of guanidine groups is 1. The smallest absolute Gasteiger partial charge is 0.409 e. The number of ether oxygens (including phenoxy) is 1. The Kier molecular flexibility index (Phi) is 7.63. The monoisotopic (exact) mass is 350 g/mol. The summed E-state index contributed by atoms with van der Waals surface area (Å²) in [5.74, 6) is 1.85. The number of nitrogens with zero attached hydrogens (tertiary/aromatic N) is 3. The third kappa shape index (κ3) is 5.99. The van der Waals surface area contributed by atoms with E-state index in [4.69, 9.17) is 14.1 Å². The molecule has 1 saturated heterocycles. The molecule has 25 heavy (non-hydrogen) atoms. The van der Waals surface area contributed by atoms with Crippen molar-refractivity contribution in [3.8, 4) is 0 Å². The van der Waals surface area contributed by atoms with Crippen molar-refractivity contribution in [1.29, 1.82) is 0 Å². The molecule has 140 valence electrons. The molecule has 1 atom stereocenters. The second-order valence-electron chi connectivity index (χ2n) is 6.16. The number of aliphatic imine (C=N–C) groups is 1. The quantitative estimate of drug-likeness (QED) is 0.630. The van der Waals surface area contributed by atoms with E-state index in [0.29, 0.717) is 32.3 Å². The van der Waals surface area contributed by atoms with Crippen molar-refractivity contribution in [2.24, 2.45) is 4.99 Å². The van der Waals surface area contributed by atoms with E-state index in [2.05, 4.69) is 24.1 Å². The van der Waals surface area contributed by atoms with E-state index < -0.39 is 0 Å². The lowest BCUT2D eigenvalue weighted by molar-refractivity contribution is 0.0913. The molecule has 1 unspecified atom stereocenters. The van der Waals surface area contributed by atoms with Crippen molar-refractivity contribution < 1.29 is 13.9 Å². The van der Waals surface area contributed by atoms with Crippen LogP contribution in [0.1, 0.15) is 33.0 Å². The Morgan fingerprint density at radius 3 is 2.64 bits per heavy atom. The Balaban J connectivity index is 1.92. The molecule has 0 spiro atoms. The van der Waals surface area contributed by atoms with Gasteiger partial charge < -0.3 is 24.3 Å². The number of carbonyl (C=O) groups excluding carboxylic acids is 1. The molecule has 1 aliphatic rings. The third-order valence-corrected chi connectivity index (χ3v) is 4.29. The lowest BCUT2D eigenvalue weighted by Gasteiger charge is -2.36. The van der Waals surface area contributed by atoms with Gasteiger partial charge in [0.15, 0.2) is 5.96 Å². The van der Waals surface area contributed by atoms with Crippen LogP contribution in [-0.4, -0.2) is 67.2 Å². The van der Waals surface area contributed by atoms with E-state index in [-0.39, 0.29) is 6.09 Å². The van der Waals surface area contributed by atoms with Gasteiger partial charge in [0, 0.05) is 45.2 Å². The van der Waals surface area contributed by atoms with Crippen LogP contribution in [0.25, 0.3) is 0 Å². The van der Waals surface area contributed by atoms with Crippen LogP contribution in [0.5, 0.6) is 0 Å². The predicted octanol–water partition coefficient (Wildman–Crippen LogP) is 2.34. The SMILES string of the molecule is CCOC(=O)N1CCN(C(=NCCc2ccco2)NC(C)CC)CC1. The van der Waals surface area contributed by atoms with Crippen molar-refractivity contribution in [1.82, 2.24) is 15.1 Å². The average Bonchev–Trinajstić information content (AvgIpc) is 3.14. The first kappa shape index (κ1) is 19.1. The largest absolute Gasteiger partial charge is 0.469 e. The Bertz CT molecular complexity index is 537. The van der Waals surface area contributed by atoms with Crippen LogP contribution >= 0.6 is 0 Å². The molecule has 1 aliphatic heterocycles. The Morgan fingerprint density at radius 1 is 1.32 bits per heavy atom. The molecule has 2 heterocycles. The van der Waals surface area contributed by atoms with E-state index in [0.717, 1.165) is 37.7 Å². The summed E-state index contributed by atoms with van der Waals surface area (Å²) in [5, 5.41) is 3.50. The standard InChI is InChI=1S/C18H30N4O3/c1-4-15(3)20-17(19-9-8-16-7-6-14-25-16)21-10-12-22(13-11-21)18(23)24-5-2/h6-7,14-15H,4-5,8-13H2,1-3H3,(H,19,20). The van der Waals surface area contributed by atoms with E-state index in [1.165, 1.54) is 0 Å². The maximum atomic E-state index is 11.8. The van der Waals surface area contributed by atoms with Crippen molar-refractivity contribution in [2.45, 2.75) is 39.7 Å². The van der Waals surface area contributed by atoms with Crippen LogP contribution in [0.4, 0.5) is 4.79 Å². The van der Waals surface area contributed by atoms with Gasteiger partial charge in [0.2, 0.25) is 0 Å². The van der Waals surface area contributed by atoms with Gasteiger partial charge in [-0.1, -0.05) is 6.92 Å². The first-order valence-electron chi connectivity index (χ1n) is 9.14. The zero-order chi connectivity index (χ0) is 18.1. The van der Waals surface area contributed by atoms with Crippen molar-refractivity contribution in [3.05, 3.63) is 24.2 Å². The highest BCUT2D eigenvalue weighted by atomic mass is 16.6. The molecule has 1 amide bonds. The number of hydrogen-bond donors (Lipinski definition) is 1. The van der Waals surface area contributed by atoms with Gasteiger partial charge in [-0.15, -0.1) is 0 Å². The molecule has 0 radical (unpaired) electrons. The molecule has 2 rings (SSSR count). The van der Waals surface area contributed by atoms with E-state index >= 15 is 0 Å². The summed E-state index contributed by atoms with van der Waals surface area (Å²) >= 11 is 0. The highest BCUT2D eigenvalue weighted by Gasteiger charge is 2.24. The van der Waals surface area contributed by atoms with Gasteiger partial charge in [0.25, 0.3) is 0 Å². The second kappa shape index (κ2) is 9.96. The fourth-order valence-corrected chi connectivity index (χ4v) is 2.60. The number of amides is 1. The first-order valence-corrected chi connectivity index (χ1v) is 9.14. The molecule has 1 aromatic rings. The van der Waals surface area contributed by atoms with Gasteiger partial charge in [-0.05, 0) is 32.4 Å². The summed E-state index contributed by atoms with van der Waals surface area (Å²) in [6.07, 6.45) is 3.27. The lowest BCUT2D eigenvalue weighted by atomic mass is 10.2. The number of hydrogen-bond acceptors (Lipinski definition) is 4. The fourth-order valence-electron chi connectivity index (χ4n) is 2.60. The molecule has 0 saturated carbocycles. The van der Waals surface area contributed by atoms with Crippen LogP contribution in [-0.2, 0) is 11.2 Å². The predicted molar refractivity (Wildman–Crippen MR) is 97.8 cm³/mol. The van der Waals surface area contributed by atoms with E-state index in [9.17, 15) is 4.79 Å². The highest BCUT2D eigenvalue weighted by Crippen LogP contribution is 2.06. The number of nitrogens with one attached hydrogen (secondary N) is 1. The van der Waals surface area contributed by atoms with Gasteiger partial charge in [-0.3, -0.25) is 4.99 Å². The Hall–Kier alpha value is -2.18. The molecule has 0 aliphatic carbocycles. The maximum absolute atomic E-state index is 11.8. The summed E-state index contributed by atoms with van der Waals surface area (Å²) in [4.78, 5) is 20.6. The van der Waals surface area contributed by atoms with Gasteiger partial charge in [0.1, 0.15) is 5.76 Å². The molecular weight excluding hydrogens is 320 g/mol. The minimum Gasteiger partial charge on any atom is -0.469 e. The number of piperazine rings is 1. The third-order valence-electron chi connectivity index (χ3n) is 4.29. The molecule has 1 aromatic heterocycles. The molecule has 7 heteroatoms. The van der Waals surface area contributed by atoms with Crippen molar-refractivity contribution in [3.63, 3.8) is 0 Å². The van der Waals surface area contributed by atoms with Crippen LogP contribution in [0, 0.1) is 0 Å². The van der Waals surface area contributed by atoms with Crippen molar-refractivity contribution in [2.75, 3.05) is 39.3 Å². The Labute approximate surface area is 150 Å². The molecule has 0 aromatic carbocycles. The number of rotatable bonds is 6. The van der Waals surface area contributed by atoms with Crippen molar-refractivity contribution >= 4 is 12.1 Å². The highest BCUT2D eigenvalue weighted by molar-refractivity contribution is 5.80. The fraction of sp³-hybridized carbons (Fsp3) is 0.667. The normalized spacial score (nSPS) is 16.7. The molecule has 1 N–H and O–H groups in total. The zero-order valence-corrected chi connectivity index (χ0v) is 15.5. The average molecular weight is 350 g/mol. The Morgan fingerprint density at radius 2 is 2.04 bits per heavy atom. The summed E-state index contributed by atoms with van der Waals surface area (Å²) in [6, 6.07) is 4.21. The molecular formula is C18H30N4O3. The lowest BCUT2D eigenvalue weighted by Crippen LogP contribution is -2.55. The van der Waals surface area contributed by atoms with E-state index in [1.54, 1.807) is 11.2 Å². The van der Waals surface area contributed by atoms with Crippen LogP contribution < -0.4 is 5.32 Å². The van der Waals surface area contributed by atoms with Gasteiger partial charge in [0.05, 0.1) is 12.9 Å². The molecule has 1 fully saturated rings. The summed E-state index contributed by atoms with van der Waals surface area (Å²) in [6.45, 7) is 10.0. The number of carbonyl (C=O) groups is 1.